The molecule has 3 nitrogen and oxygen atoms in total. The molecule has 22 heavy (non-hydrogen) atoms. The van der Waals surface area contributed by atoms with Gasteiger partial charge in [0.05, 0.1) is 5.69 Å². The van der Waals surface area contributed by atoms with Crippen molar-refractivity contribution in [3.8, 4) is 16.9 Å². The minimum atomic E-state index is -4.99. The number of nitrogens with two attached hydrogens (primary N) is 1. The van der Waals surface area contributed by atoms with Gasteiger partial charge in [-0.1, -0.05) is 6.07 Å². The maximum absolute atomic E-state index is 13.6. The van der Waals surface area contributed by atoms with E-state index < -0.39 is 23.7 Å². The molecule has 0 aliphatic carbocycles. The molecule has 0 spiro atoms. The number of ether oxygens (including phenoxy) is 1. The van der Waals surface area contributed by atoms with Gasteiger partial charge < -0.3 is 10.5 Å². The van der Waals surface area contributed by atoms with Crippen LogP contribution in [0.5, 0.6) is 5.75 Å². The molecule has 1 heterocycles. The van der Waals surface area contributed by atoms with E-state index in [1.54, 1.807) is 0 Å². The van der Waals surface area contributed by atoms with Gasteiger partial charge in [0.15, 0.2) is 11.6 Å². The molecule has 0 unspecified atom stereocenters. The van der Waals surface area contributed by atoms with Crippen molar-refractivity contribution in [2.24, 2.45) is 5.73 Å². The minimum absolute atomic E-state index is 0. The van der Waals surface area contributed by atoms with Crippen molar-refractivity contribution in [3.05, 3.63) is 47.8 Å². The predicted molar refractivity (Wildman–Crippen MR) is 71.4 cm³/mol. The molecule has 1 aromatic carbocycles. The third kappa shape index (κ3) is 4.28. The lowest BCUT2D eigenvalue weighted by molar-refractivity contribution is -0.275. The summed E-state index contributed by atoms with van der Waals surface area (Å²) in [6.07, 6.45) is -3.73. The molecule has 0 bridgehead atoms. The molecule has 2 aromatic rings. The quantitative estimate of drug-likeness (QED) is 0.864. The van der Waals surface area contributed by atoms with Gasteiger partial charge in [-0.3, -0.25) is 4.98 Å². The van der Waals surface area contributed by atoms with Crippen LogP contribution in [0.2, 0.25) is 0 Å². The van der Waals surface area contributed by atoms with Gasteiger partial charge in [0.2, 0.25) is 0 Å². The fourth-order valence-corrected chi connectivity index (χ4v) is 1.66. The summed E-state index contributed by atoms with van der Waals surface area (Å²) in [6.45, 7) is -0.0984. The predicted octanol–water partition coefficient (Wildman–Crippen LogP) is 3.81. The summed E-state index contributed by atoms with van der Waals surface area (Å²) in [5, 5.41) is 0. The van der Waals surface area contributed by atoms with Gasteiger partial charge in [0, 0.05) is 18.3 Å². The smallest absolute Gasteiger partial charge is 0.403 e. The summed E-state index contributed by atoms with van der Waals surface area (Å²) >= 11 is 0. The Hall–Kier alpha value is -1.93. The largest absolute Gasteiger partial charge is 0.573 e. The van der Waals surface area contributed by atoms with E-state index in [4.69, 9.17) is 5.73 Å². The van der Waals surface area contributed by atoms with Gasteiger partial charge in [0.25, 0.3) is 0 Å². The molecule has 9 heteroatoms. The maximum atomic E-state index is 13.6. The number of benzene rings is 1. The van der Waals surface area contributed by atoms with Crippen LogP contribution in [-0.2, 0) is 6.54 Å². The number of alkyl halides is 3. The molecule has 0 aliphatic heterocycles. The van der Waals surface area contributed by atoms with Gasteiger partial charge in [-0.05, 0) is 23.8 Å². The van der Waals surface area contributed by atoms with Crippen LogP contribution in [0, 0.1) is 11.6 Å². The van der Waals surface area contributed by atoms with Gasteiger partial charge in [-0.2, -0.15) is 0 Å². The number of hydrogen-bond acceptors (Lipinski definition) is 3. The van der Waals surface area contributed by atoms with E-state index in [0.29, 0.717) is 0 Å². The van der Waals surface area contributed by atoms with Crippen LogP contribution in [0.4, 0.5) is 22.0 Å². The first kappa shape index (κ1) is 18.1. The molecule has 0 saturated heterocycles. The third-order valence-electron chi connectivity index (χ3n) is 2.60. The monoisotopic (exact) mass is 340 g/mol. The minimum Gasteiger partial charge on any atom is -0.403 e. The Morgan fingerprint density at radius 2 is 1.68 bits per heavy atom. The van der Waals surface area contributed by atoms with E-state index in [-0.39, 0.29) is 35.8 Å². The van der Waals surface area contributed by atoms with E-state index in [1.165, 1.54) is 12.3 Å². The summed E-state index contributed by atoms with van der Waals surface area (Å²) in [4.78, 5) is 3.75. The van der Waals surface area contributed by atoms with Gasteiger partial charge in [-0.25, -0.2) is 8.78 Å². The van der Waals surface area contributed by atoms with Crippen molar-refractivity contribution in [3.63, 3.8) is 0 Å². The molecule has 2 N–H and O–H groups in total. The van der Waals surface area contributed by atoms with Crippen LogP contribution < -0.4 is 10.5 Å². The second-order valence-electron chi connectivity index (χ2n) is 4.05. The molecule has 0 radical (unpaired) electrons. The first-order valence-corrected chi connectivity index (χ1v) is 5.70. The number of hydrogen-bond donors (Lipinski definition) is 1. The Kier molecular flexibility index (Phi) is 5.67. The lowest BCUT2D eigenvalue weighted by atomic mass is 10.1. The highest BCUT2D eigenvalue weighted by molar-refractivity contribution is 5.85. The van der Waals surface area contributed by atoms with Crippen LogP contribution >= 0.6 is 12.4 Å². The van der Waals surface area contributed by atoms with Crippen molar-refractivity contribution in [2.45, 2.75) is 12.9 Å². The highest BCUT2D eigenvalue weighted by atomic mass is 35.5. The first-order chi connectivity index (χ1) is 9.80. The normalized spacial score (nSPS) is 11.0. The fourth-order valence-electron chi connectivity index (χ4n) is 1.66. The molecule has 120 valence electrons. The van der Waals surface area contributed by atoms with E-state index in [9.17, 15) is 22.0 Å². The second kappa shape index (κ2) is 6.89. The highest BCUT2D eigenvalue weighted by Gasteiger charge is 2.32. The molecule has 0 saturated carbocycles. The number of rotatable bonds is 3. The van der Waals surface area contributed by atoms with Crippen LogP contribution in [0.25, 0.3) is 11.1 Å². The molecule has 1 aromatic heterocycles. The average molecular weight is 341 g/mol. The van der Waals surface area contributed by atoms with Gasteiger partial charge in [-0.15, -0.1) is 25.6 Å². The molecule has 0 atom stereocenters. The molecule has 0 aliphatic rings. The Morgan fingerprint density at radius 3 is 2.18 bits per heavy atom. The van der Waals surface area contributed by atoms with Crippen LogP contribution in [0.1, 0.15) is 5.69 Å². The maximum Gasteiger partial charge on any atom is 0.573 e. The number of pyridine rings is 1. The van der Waals surface area contributed by atoms with E-state index >= 15 is 0 Å². The summed E-state index contributed by atoms with van der Waals surface area (Å²) in [5.41, 5.74) is 5.67. The van der Waals surface area contributed by atoms with Crippen molar-refractivity contribution in [2.75, 3.05) is 0 Å². The van der Waals surface area contributed by atoms with E-state index in [2.05, 4.69) is 9.72 Å². The average Bonchev–Trinajstić information content (AvgIpc) is 2.39. The molecule has 0 fully saturated rings. The first-order valence-electron chi connectivity index (χ1n) is 5.70. The zero-order valence-corrected chi connectivity index (χ0v) is 11.6. The molecular weight excluding hydrogens is 331 g/mol. The Labute approximate surface area is 128 Å². The van der Waals surface area contributed by atoms with Gasteiger partial charge >= 0.3 is 6.36 Å². The van der Waals surface area contributed by atoms with Crippen LogP contribution in [0.15, 0.2) is 30.5 Å². The summed E-state index contributed by atoms with van der Waals surface area (Å²) in [5.74, 6) is -2.85. The van der Waals surface area contributed by atoms with Crippen molar-refractivity contribution in [1.82, 2.24) is 4.98 Å². The highest BCUT2D eigenvalue weighted by Crippen LogP contribution is 2.29. The Balaban J connectivity index is 0.00000242. The summed E-state index contributed by atoms with van der Waals surface area (Å²) in [6, 6.07) is 3.86. The van der Waals surface area contributed by atoms with Crippen LogP contribution in [-0.4, -0.2) is 11.3 Å². The van der Waals surface area contributed by atoms with E-state index in [0.717, 1.165) is 18.2 Å². The topological polar surface area (TPSA) is 48.1 Å². The lowest BCUT2D eigenvalue weighted by Gasteiger charge is -2.11. The number of nitrogens with zero attached hydrogens (tertiary/aromatic N) is 1. The standard InChI is InChI=1S/C13H9F5N2O.ClH/c14-9-4-8(6-20-11(9)5-19)7-1-2-12(10(15)3-7)21-13(16,17)18;/h1-4,6H,5,19H2;1H. The number of aromatic nitrogens is 1. The zero-order valence-electron chi connectivity index (χ0n) is 10.8. The van der Waals surface area contributed by atoms with Crippen LogP contribution in [0.3, 0.4) is 0 Å². The lowest BCUT2D eigenvalue weighted by Crippen LogP contribution is -2.17. The zero-order chi connectivity index (χ0) is 15.6. The SMILES string of the molecule is Cl.NCc1ncc(-c2ccc(OC(F)(F)F)c(F)c2)cc1F. The van der Waals surface area contributed by atoms with Crippen molar-refractivity contribution >= 4 is 12.4 Å². The second-order valence-corrected chi connectivity index (χ2v) is 4.05. The number of halogens is 6. The third-order valence-corrected chi connectivity index (χ3v) is 2.60. The Bertz CT molecular complexity index is 663. The summed E-state index contributed by atoms with van der Waals surface area (Å²) in [7, 11) is 0. The van der Waals surface area contributed by atoms with Crippen molar-refractivity contribution in [1.29, 1.82) is 0 Å². The van der Waals surface area contributed by atoms with E-state index in [1.807, 2.05) is 0 Å². The molecule has 0 amide bonds. The summed E-state index contributed by atoms with van der Waals surface area (Å²) < 4.78 is 66.6. The van der Waals surface area contributed by atoms with Crippen molar-refractivity contribution < 1.29 is 26.7 Å². The molecule has 2 rings (SSSR count). The molecular formula is C13H10ClF5N2O. The Morgan fingerprint density at radius 1 is 1.05 bits per heavy atom. The fraction of sp³-hybridized carbons (Fsp3) is 0.154. The van der Waals surface area contributed by atoms with Gasteiger partial charge in [0.1, 0.15) is 5.82 Å².